The minimum atomic E-state index is -5.12. The molecular formula is C50H53FN12O14P2S. The molecule has 420 valence electrons. The Kier molecular flexibility index (Phi) is 15.5. The van der Waals surface area contributed by atoms with Crippen molar-refractivity contribution in [3.63, 3.8) is 0 Å². The number of ether oxygens (including phenoxy) is 3. The third kappa shape index (κ3) is 11.2. The number of nitrogens with one attached hydrogen (secondary N) is 4. The first kappa shape index (κ1) is 55.0. The highest BCUT2D eigenvalue weighted by Crippen LogP contribution is 2.65. The van der Waals surface area contributed by atoms with Crippen LogP contribution in [-0.2, 0) is 56.8 Å². The van der Waals surface area contributed by atoms with E-state index in [0.717, 1.165) is 40.0 Å². The summed E-state index contributed by atoms with van der Waals surface area (Å²) in [6, 6.07) is 20.3. The Bertz CT molecular complexity index is 3600. The fourth-order valence-electron chi connectivity index (χ4n) is 9.98. The van der Waals surface area contributed by atoms with E-state index in [4.69, 9.17) is 38.0 Å². The van der Waals surface area contributed by atoms with Gasteiger partial charge < -0.3 is 45.8 Å². The minimum absolute atomic E-state index is 0.00620. The number of aromatic amines is 1. The lowest BCUT2D eigenvalue weighted by Gasteiger charge is -2.28. The van der Waals surface area contributed by atoms with Crippen LogP contribution in [0.2, 0.25) is 0 Å². The highest BCUT2D eigenvalue weighted by atomic mass is 32.7. The normalized spacial score (nSPS) is 26.6. The van der Waals surface area contributed by atoms with Gasteiger partial charge in [-0.1, -0.05) is 74.5 Å². The van der Waals surface area contributed by atoms with E-state index in [0.29, 0.717) is 11.3 Å². The molecule has 0 bridgehead atoms. The van der Waals surface area contributed by atoms with Gasteiger partial charge in [0.15, 0.2) is 35.0 Å². The lowest BCUT2D eigenvalue weighted by Crippen LogP contribution is -2.53. The molecule has 11 rings (SSSR count). The number of amides is 3. The Morgan fingerprint density at radius 3 is 2.26 bits per heavy atom. The van der Waals surface area contributed by atoms with Crippen molar-refractivity contribution in [1.29, 1.82) is 0 Å². The smallest absolute Gasteiger partial charge is 0.449 e. The second-order valence-electron chi connectivity index (χ2n) is 19.6. The molecule has 3 saturated heterocycles. The van der Waals surface area contributed by atoms with Gasteiger partial charge >= 0.3 is 20.7 Å². The Labute approximate surface area is 457 Å². The summed E-state index contributed by atoms with van der Waals surface area (Å²) in [6.07, 6.45) is -6.46. The number of carbonyl (C=O) groups is 3. The second-order valence-corrected chi connectivity index (χ2v) is 25.0. The molecule has 0 radical (unpaired) electrons. The number of alkyl carbamates (subject to hydrolysis) is 1. The van der Waals surface area contributed by atoms with Crippen LogP contribution in [-0.4, -0.2) is 124 Å². The first-order chi connectivity index (χ1) is 38.4. The van der Waals surface area contributed by atoms with Crippen LogP contribution < -0.4 is 27.2 Å². The van der Waals surface area contributed by atoms with Crippen LogP contribution in [0, 0.1) is 5.92 Å². The summed E-state index contributed by atoms with van der Waals surface area (Å²) in [5, 5.41) is 8.12. The predicted octanol–water partition coefficient (Wildman–Crippen LogP) is 6.03. The molecular weight excluding hydrogens is 1110 g/mol. The summed E-state index contributed by atoms with van der Waals surface area (Å²) in [6.45, 7) is -0.726. The van der Waals surface area contributed by atoms with E-state index in [1.807, 2.05) is 48.5 Å². The average molecular weight is 1160 g/mol. The molecule has 0 spiro atoms. The topological polar surface area (TPSA) is 339 Å². The maximum atomic E-state index is 16.6. The highest BCUT2D eigenvalue weighted by Gasteiger charge is 2.53. The van der Waals surface area contributed by atoms with Crippen molar-refractivity contribution < 1.29 is 65.1 Å². The fourth-order valence-corrected chi connectivity index (χ4v) is 14.4. The number of aromatic nitrogens is 8. The third-order valence-electron chi connectivity index (χ3n) is 14.0. The Balaban J connectivity index is 0.750. The average Bonchev–Trinajstić information content (AvgIpc) is 4.44. The number of phosphoric ester groups is 1. The van der Waals surface area contributed by atoms with E-state index in [-0.39, 0.29) is 58.8 Å². The number of fused-ring (bicyclic) bond motifs is 7. The number of H-pyrrole nitrogens is 1. The molecule has 7 heterocycles. The molecule has 3 aromatic carbocycles. The second kappa shape index (κ2) is 22.5. The van der Waals surface area contributed by atoms with Crippen LogP contribution in [0.3, 0.4) is 0 Å². The van der Waals surface area contributed by atoms with E-state index in [9.17, 15) is 28.6 Å². The number of carbonyl (C=O) groups excluding carboxylic acids is 3. The van der Waals surface area contributed by atoms with Gasteiger partial charge in [-0.3, -0.25) is 41.6 Å². The number of hydrogen-bond donors (Lipinski definition) is 6. The quantitative estimate of drug-likeness (QED) is 0.0718. The summed E-state index contributed by atoms with van der Waals surface area (Å²) in [5.41, 5.74) is 11.0. The molecule has 4 aromatic heterocycles. The van der Waals surface area contributed by atoms with Crippen molar-refractivity contribution in [2.24, 2.45) is 5.92 Å². The van der Waals surface area contributed by atoms with Gasteiger partial charge in [-0.05, 0) is 64.2 Å². The van der Waals surface area contributed by atoms with Gasteiger partial charge in [0.2, 0.25) is 11.8 Å². The van der Waals surface area contributed by atoms with E-state index in [1.165, 1.54) is 35.0 Å². The van der Waals surface area contributed by atoms with Crippen molar-refractivity contribution in [1.82, 2.24) is 49.7 Å². The summed E-state index contributed by atoms with van der Waals surface area (Å²) in [5.74, 6) is -1.71. The number of hydrogen-bond acceptors (Lipinski definition) is 20. The molecule has 0 saturated carbocycles. The van der Waals surface area contributed by atoms with Crippen LogP contribution >= 0.6 is 26.0 Å². The lowest BCUT2D eigenvalue weighted by atomic mass is 9.98. The molecule has 26 nitrogen and oxygen atoms in total. The van der Waals surface area contributed by atoms with Crippen LogP contribution in [0.5, 0.6) is 0 Å². The molecule has 30 heteroatoms. The number of halogens is 1. The number of nitrogen functional groups attached to an aromatic ring is 1. The van der Waals surface area contributed by atoms with Gasteiger partial charge in [0.25, 0.3) is 5.56 Å². The molecule has 3 aliphatic heterocycles. The Hall–Kier alpha value is -6.97. The zero-order chi connectivity index (χ0) is 56.0. The summed E-state index contributed by atoms with van der Waals surface area (Å²) in [4.78, 5) is 86.7. The largest absolute Gasteiger partial charge is 0.472 e. The molecule has 2 unspecified atom stereocenters. The SMILES string of the molecule is CC(C)[C@H](NC(=O)OCC1c2ccccc2-c2ccccc21)C(=O)N[C@@H](C)C(=O)Nc1ccc(CSP2(=O)OC[C@H]3O[C@@H](n4cnc5c(N)ncnc54)[C@H](F)[C@@H]3OP(=O)(O)OC[C@H]3O[C@@H](n4cnc5c(=O)[nH]cnc54)C[C@@H]3O2)cc1. The number of phosphoric acid groups is 1. The molecule has 1 aliphatic carbocycles. The van der Waals surface area contributed by atoms with E-state index >= 15 is 8.96 Å². The number of rotatable bonds is 13. The predicted molar refractivity (Wildman–Crippen MR) is 285 cm³/mol. The molecule has 11 atom stereocenters. The maximum absolute atomic E-state index is 16.6. The van der Waals surface area contributed by atoms with E-state index < -0.39 is 106 Å². The van der Waals surface area contributed by atoms with Gasteiger partial charge in [-0.2, -0.15) is 0 Å². The van der Waals surface area contributed by atoms with Crippen molar-refractivity contribution in [2.45, 2.75) is 94.0 Å². The van der Waals surface area contributed by atoms with Gasteiger partial charge in [0, 0.05) is 23.8 Å². The Morgan fingerprint density at radius 2 is 1.52 bits per heavy atom. The molecule has 3 fully saturated rings. The molecule has 7 N–H and O–H groups in total. The van der Waals surface area contributed by atoms with Crippen molar-refractivity contribution in [3.05, 3.63) is 125 Å². The lowest BCUT2D eigenvalue weighted by molar-refractivity contribution is -0.128. The summed E-state index contributed by atoms with van der Waals surface area (Å²) < 4.78 is 89.2. The van der Waals surface area contributed by atoms with E-state index in [2.05, 4.69) is 45.9 Å². The standard InChI is InChI=1S/C50H53FN12O14P2S/c1-25(2)39(61-50(67)71-17-33-31-10-6-4-8-29(31)30-9-5-7-11-32(30)33)48(66)59-26(3)46(64)60-28-14-12-27(13-15-28)20-80-79(70)73-19-36-42(38(51)49(75-36)63-24-57-40-43(52)53-21-54-44(40)63)77-78(68,69)72-18-35-34(76-79)16-37(74-35)62-23-58-41-45(62)55-22-56-47(41)65/h4-15,21-26,33-39,42,49H,16-20H2,1-3H3,(H,59,66)(H,60,64)(H,61,67)(H,68,69)(H2,52,53,54)(H,55,56,65)/t26-,34-,35+,36+,37+,38+,39-,42+,49+,79?/m0/s1. The number of nitrogens with two attached hydrogens (primary N) is 1. The molecule has 80 heavy (non-hydrogen) atoms. The highest BCUT2D eigenvalue weighted by molar-refractivity contribution is 8.54. The molecule has 3 amide bonds. The zero-order valence-corrected chi connectivity index (χ0v) is 45.4. The minimum Gasteiger partial charge on any atom is -0.449 e. The van der Waals surface area contributed by atoms with Crippen LogP contribution in [0.1, 0.15) is 62.3 Å². The number of imidazole rings is 2. The third-order valence-corrected chi connectivity index (χ3v) is 18.7. The number of alkyl halides is 1. The molecule has 7 aromatic rings. The summed E-state index contributed by atoms with van der Waals surface area (Å²) >= 11 is 0.761. The van der Waals surface area contributed by atoms with Gasteiger partial charge in [0.05, 0.1) is 32.2 Å². The maximum Gasteiger partial charge on any atom is 0.472 e. The summed E-state index contributed by atoms with van der Waals surface area (Å²) in [7, 11) is -5.12. The monoisotopic (exact) mass is 1160 g/mol. The van der Waals surface area contributed by atoms with Crippen LogP contribution in [0.4, 0.5) is 20.7 Å². The number of anilines is 2. The Morgan fingerprint density at radius 1 is 0.838 bits per heavy atom. The fraction of sp³-hybridized carbons (Fsp3) is 0.380. The van der Waals surface area contributed by atoms with E-state index in [1.54, 1.807) is 38.1 Å². The first-order valence-corrected chi connectivity index (χ1v) is 29.9. The number of benzene rings is 3. The van der Waals surface area contributed by atoms with Crippen LogP contribution in [0.25, 0.3) is 33.5 Å². The van der Waals surface area contributed by atoms with Crippen LogP contribution in [0.15, 0.2) is 103 Å². The van der Waals surface area contributed by atoms with Crippen molar-refractivity contribution >= 4 is 77.7 Å². The van der Waals surface area contributed by atoms with Gasteiger partial charge in [-0.25, -0.2) is 43.2 Å². The van der Waals surface area contributed by atoms with Crippen molar-refractivity contribution in [3.8, 4) is 11.1 Å². The first-order valence-electron chi connectivity index (χ1n) is 25.3. The van der Waals surface area contributed by atoms with Gasteiger partial charge in [0.1, 0.15) is 61.2 Å². The molecule has 4 aliphatic rings. The van der Waals surface area contributed by atoms with Crippen molar-refractivity contribution in [2.75, 3.05) is 30.9 Å². The number of nitrogens with zero attached hydrogens (tertiary/aromatic N) is 7. The van der Waals surface area contributed by atoms with Gasteiger partial charge in [-0.15, -0.1) is 0 Å². The zero-order valence-electron chi connectivity index (χ0n) is 42.8.